The molecule has 14 heavy (non-hydrogen) atoms. The second kappa shape index (κ2) is 8.04. The Kier molecular flexibility index (Phi) is 7.13. The first-order chi connectivity index (χ1) is 6.66. The van der Waals surface area contributed by atoms with Crippen molar-refractivity contribution in [2.45, 2.75) is 19.8 Å². The third kappa shape index (κ3) is 8.52. The molecule has 0 aliphatic rings. The highest BCUT2D eigenvalue weighted by atomic mass is 16.4. The van der Waals surface area contributed by atoms with Crippen LogP contribution in [0.2, 0.25) is 0 Å². The lowest BCUT2D eigenvalue weighted by Gasteiger charge is -1.98. The topological polar surface area (TPSA) is 66.4 Å². The standard InChI is InChI=1S/C10H15NO3/c1-2-3-4-6-9(12)11-8-5-7-10(13)14/h2-4,6H,5,7-8H2,1H3,(H,11,12)(H,13,14)/b3-2+,6-4+. The molecule has 0 aliphatic heterocycles. The summed E-state index contributed by atoms with van der Waals surface area (Å²) < 4.78 is 0. The first kappa shape index (κ1) is 12.4. The lowest BCUT2D eigenvalue weighted by molar-refractivity contribution is -0.137. The van der Waals surface area contributed by atoms with Crippen LogP contribution in [0.15, 0.2) is 24.3 Å². The highest BCUT2D eigenvalue weighted by Gasteiger charge is 1.97. The lowest BCUT2D eigenvalue weighted by atomic mass is 10.3. The van der Waals surface area contributed by atoms with Crippen LogP contribution in [-0.4, -0.2) is 23.5 Å². The van der Waals surface area contributed by atoms with Gasteiger partial charge in [0.05, 0.1) is 0 Å². The molecule has 0 radical (unpaired) electrons. The number of carbonyl (C=O) groups is 2. The first-order valence-corrected chi connectivity index (χ1v) is 4.45. The number of carbonyl (C=O) groups excluding carboxylic acids is 1. The minimum absolute atomic E-state index is 0.0822. The summed E-state index contributed by atoms with van der Waals surface area (Å²) in [4.78, 5) is 21.1. The van der Waals surface area contributed by atoms with Crippen LogP contribution in [0.1, 0.15) is 19.8 Å². The number of amides is 1. The van der Waals surface area contributed by atoms with Gasteiger partial charge in [0.15, 0.2) is 0 Å². The van der Waals surface area contributed by atoms with Gasteiger partial charge >= 0.3 is 5.97 Å². The SMILES string of the molecule is C/C=C/C=C/C(=O)NCCCC(=O)O. The maximum Gasteiger partial charge on any atom is 0.303 e. The van der Waals surface area contributed by atoms with Crippen LogP contribution in [0.4, 0.5) is 0 Å². The Morgan fingerprint density at radius 1 is 1.36 bits per heavy atom. The fourth-order valence-corrected chi connectivity index (χ4v) is 0.764. The third-order valence-electron chi connectivity index (χ3n) is 1.42. The van der Waals surface area contributed by atoms with E-state index in [9.17, 15) is 9.59 Å². The predicted octanol–water partition coefficient (Wildman–Crippen LogP) is 1.10. The van der Waals surface area contributed by atoms with E-state index in [4.69, 9.17) is 5.11 Å². The number of rotatable bonds is 6. The Hall–Kier alpha value is -1.58. The zero-order valence-electron chi connectivity index (χ0n) is 8.19. The van der Waals surface area contributed by atoms with Crippen LogP contribution < -0.4 is 5.32 Å². The maximum atomic E-state index is 11.0. The molecule has 78 valence electrons. The highest BCUT2D eigenvalue weighted by molar-refractivity contribution is 5.87. The molecule has 0 rings (SSSR count). The van der Waals surface area contributed by atoms with E-state index in [2.05, 4.69) is 5.32 Å². The average Bonchev–Trinajstić information content (AvgIpc) is 2.13. The molecule has 4 heteroatoms. The van der Waals surface area contributed by atoms with Crippen molar-refractivity contribution in [2.75, 3.05) is 6.54 Å². The molecule has 0 fully saturated rings. The molecule has 0 aromatic heterocycles. The number of hydrogen-bond donors (Lipinski definition) is 2. The van der Waals surface area contributed by atoms with Crippen molar-refractivity contribution >= 4 is 11.9 Å². The summed E-state index contributed by atoms with van der Waals surface area (Å²) in [6.07, 6.45) is 7.13. The fraction of sp³-hybridized carbons (Fsp3) is 0.400. The van der Waals surface area contributed by atoms with Gasteiger partial charge in [-0.05, 0) is 13.3 Å². The van der Waals surface area contributed by atoms with Crippen molar-refractivity contribution in [1.29, 1.82) is 0 Å². The van der Waals surface area contributed by atoms with Crippen LogP contribution in [0, 0.1) is 0 Å². The van der Waals surface area contributed by atoms with Crippen molar-refractivity contribution in [1.82, 2.24) is 5.32 Å². The van der Waals surface area contributed by atoms with Gasteiger partial charge in [-0.3, -0.25) is 9.59 Å². The summed E-state index contributed by atoms with van der Waals surface area (Å²) in [5, 5.41) is 10.9. The monoisotopic (exact) mass is 197 g/mol. The van der Waals surface area contributed by atoms with E-state index in [-0.39, 0.29) is 12.3 Å². The van der Waals surface area contributed by atoms with E-state index in [0.717, 1.165) is 0 Å². The van der Waals surface area contributed by atoms with E-state index in [1.807, 2.05) is 13.0 Å². The number of aliphatic carboxylic acids is 1. The smallest absolute Gasteiger partial charge is 0.303 e. The summed E-state index contributed by atoms with van der Waals surface area (Å²) in [6.45, 7) is 2.25. The summed E-state index contributed by atoms with van der Waals surface area (Å²) in [6, 6.07) is 0. The van der Waals surface area contributed by atoms with Gasteiger partial charge in [0, 0.05) is 19.0 Å². The second-order valence-corrected chi connectivity index (χ2v) is 2.67. The molecule has 0 bridgehead atoms. The summed E-state index contributed by atoms with van der Waals surface area (Å²) >= 11 is 0. The van der Waals surface area contributed by atoms with Crippen molar-refractivity contribution in [3.05, 3.63) is 24.3 Å². The summed E-state index contributed by atoms with van der Waals surface area (Å²) in [5.41, 5.74) is 0. The summed E-state index contributed by atoms with van der Waals surface area (Å²) in [5.74, 6) is -1.04. The Morgan fingerprint density at radius 3 is 2.64 bits per heavy atom. The number of carboxylic acids is 1. The number of allylic oxidation sites excluding steroid dienone is 3. The number of hydrogen-bond acceptors (Lipinski definition) is 2. The summed E-state index contributed by atoms with van der Waals surface area (Å²) in [7, 11) is 0. The Morgan fingerprint density at radius 2 is 2.07 bits per heavy atom. The molecule has 0 saturated heterocycles. The molecular formula is C10H15NO3. The molecule has 1 amide bonds. The normalized spacial score (nSPS) is 10.9. The minimum Gasteiger partial charge on any atom is -0.481 e. The van der Waals surface area contributed by atoms with E-state index in [1.54, 1.807) is 12.2 Å². The Labute approximate surface area is 83.3 Å². The molecule has 0 aromatic carbocycles. The first-order valence-electron chi connectivity index (χ1n) is 4.45. The van der Waals surface area contributed by atoms with Crippen molar-refractivity contribution < 1.29 is 14.7 Å². The molecule has 0 atom stereocenters. The van der Waals surface area contributed by atoms with Crippen molar-refractivity contribution in [3.63, 3.8) is 0 Å². The highest BCUT2D eigenvalue weighted by Crippen LogP contribution is 1.86. The van der Waals surface area contributed by atoms with Crippen LogP contribution in [-0.2, 0) is 9.59 Å². The van der Waals surface area contributed by atoms with Gasteiger partial charge in [0.1, 0.15) is 0 Å². The minimum atomic E-state index is -0.844. The van der Waals surface area contributed by atoms with E-state index in [1.165, 1.54) is 6.08 Å². The predicted molar refractivity (Wildman–Crippen MR) is 53.8 cm³/mol. The molecule has 0 aliphatic carbocycles. The van der Waals surface area contributed by atoms with E-state index in [0.29, 0.717) is 13.0 Å². The van der Waals surface area contributed by atoms with Crippen LogP contribution in [0.25, 0.3) is 0 Å². The van der Waals surface area contributed by atoms with Crippen LogP contribution in [0.3, 0.4) is 0 Å². The second-order valence-electron chi connectivity index (χ2n) is 2.67. The van der Waals surface area contributed by atoms with Gasteiger partial charge in [-0.2, -0.15) is 0 Å². The van der Waals surface area contributed by atoms with Crippen LogP contribution >= 0.6 is 0 Å². The van der Waals surface area contributed by atoms with E-state index < -0.39 is 5.97 Å². The number of nitrogens with one attached hydrogen (secondary N) is 1. The largest absolute Gasteiger partial charge is 0.481 e. The maximum absolute atomic E-state index is 11.0. The lowest BCUT2D eigenvalue weighted by Crippen LogP contribution is -2.22. The van der Waals surface area contributed by atoms with Crippen molar-refractivity contribution in [3.8, 4) is 0 Å². The van der Waals surface area contributed by atoms with Gasteiger partial charge < -0.3 is 10.4 Å². The Balaban J connectivity index is 3.49. The quantitative estimate of drug-likeness (QED) is 0.380. The van der Waals surface area contributed by atoms with Gasteiger partial charge in [0.2, 0.25) is 5.91 Å². The van der Waals surface area contributed by atoms with Crippen molar-refractivity contribution in [2.24, 2.45) is 0 Å². The molecule has 2 N–H and O–H groups in total. The third-order valence-corrected chi connectivity index (χ3v) is 1.42. The zero-order valence-corrected chi connectivity index (χ0v) is 8.19. The Bertz CT molecular complexity index is 244. The fourth-order valence-electron chi connectivity index (χ4n) is 0.764. The molecule has 0 heterocycles. The molecule has 0 spiro atoms. The molecule has 0 aromatic rings. The zero-order chi connectivity index (χ0) is 10.8. The van der Waals surface area contributed by atoms with E-state index >= 15 is 0 Å². The van der Waals surface area contributed by atoms with Gasteiger partial charge in [-0.25, -0.2) is 0 Å². The number of carboxylic acid groups (broad SMARTS) is 1. The molecule has 4 nitrogen and oxygen atoms in total. The molecular weight excluding hydrogens is 182 g/mol. The average molecular weight is 197 g/mol. The van der Waals surface area contributed by atoms with Crippen LogP contribution in [0.5, 0.6) is 0 Å². The molecule has 0 saturated carbocycles. The molecule has 0 unspecified atom stereocenters. The van der Waals surface area contributed by atoms with Gasteiger partial charge in [0.25, 0.3) is 0 Å². The van der Waals surface area contributed by atoms with Gasteiger partial charge in [-0.1, -0.05) is 18.2 Å². The van der Waals surface area contributed by atoms with Gasteiger partial charge in [-0.15, -0.1) is 0 Å².